The molecule has 0 amide bonds. The molecule has 0 saturated heterocycles. The highest BCUT2D eigenvalue weighted by Crippen LogP contribution is 2.29. The summed E-state index contributed by atoms with van der Waals surface area (Å²) in [7, 11) is -3.85. The number of sulfonamides is 1. The third-order valence-corrected chi connectivity index (χ3v) is 5.71. The van der Waals surface area contributed by atoms with Gasteiger partial charge >= 0.3 is 0 Å². The Bertz CT molecular complexity index is 961. The van der Waals surface area contributed by atoms with Crippen LogP contribution in [0.2, 0.25) is 0 Å². The van der Waals surface area contributed by atoms with Crippen LogP contribution in [-0.4, -0.2) is 8.42 Å². The number of para-hydroxylation sites is 1. The van der Waals surface area contributed by atoms with Crippen molar-refractivity contribution >= 4 is 15.7 Å². The predicted molar refractivity (Wildman–Crippen MR) is 104 cm³/mol. The smallest absolute Gasteiger partial charge is 0.243 e. The molecule has 0 aliphatic rings. The van der Waals surface area contributed by atoms with E-state index in [1.807, 2.05) is 60.7 Å². The average molecular weight is 367 g/mol. The highest BCUT2D eigenvalue weighted by Gasteiger charge is 2.28. The minimum Gasteiger partial charge on any atom is -0.398 e. The van der Waals surface area contributed by atoms with Crippen molar-refractivity contribution in [3.8, 4) is 0 Å². The fourth-order valence-corrected chi connectivity index (χ4v) is 4.21. The zero-order valence-corrected chi connectivity index (χ0v) is 14.9. The Morgan fingerprint density at radius 3 is 1.81 bits per heavy atom. The summed E-state index contributed by atoms with van der Waals surface area (Å²) in [5, 5.41) is 0. The summed E-state index contributed by atoms with van der Waals surface area (Å²) in [6.45, 7) is 0. The molecule has 3 rings (SSSR count). The van der Waals surface area contributed by atoms with E-state index in [9.17, 15) is 8.42 Å². The van der Waals surface area contributed by atoms with Gasteiger partial charge in [0.15, 0.2) is 0 Å². The van der Waals surface area contributed by atoms with Gasteiger partial charge in [0.25, 0.3) is 0 Å². The molecular formula is C20H21N3O2S. The minimum absolute atomic E-state index is 0.0428. The molecule has 3 aromatic rings. The number of hydrogen-bond acceptors (Lipinski definition) is 4. The van der Waals surface area contributed by atoms with Crippen molar-refractivity contribution in [1.82, 2.24) is 4.72 Å². The molecule has 5 nitrogen and oxygen atoms in total. The maximum absolute atomic E-state index is 12.9. The van der Waals surface area contributed by atoms with E-state index in [4.69, 9.17) is 11.5 Å². The van der Waals surface area contributed by atoms with Gasteiger partial charge in [-0.05, 0) is 23.3 Å². The largest absolute Gasteiger partial charge is 0.398 e. The van der Waals surface area contributed by atoms with E-state index in [1.54, 1.807) is 18.2 Å². The lowest BCUT2D eigenvalue weighted by Gasteiger charge is -2.26. The highest BCUT2D eigenvalue weighted by molar-refractivity contribution is 7.89. The summed E-state index contributed by atoms with van der Waals surface area (Å²) >= 11 is 0. The van der Waals surface area contributed by atoms with Gasteiger partial charge < -0.3 is 11.5 Å². The zero-order chi connectivity index (χ0) is 18.6. The van der Waals surface area contributed by atoms with Crippen LogP contribution >= 0.6 is 0 Å². The van der Waals surface area contributed by atoms with Crippen molar-refractivity contribution in [2.24, 2.45) is 5.73 Å². The molecule has 0 bridgehead atoms. The predicted octanol–water partition coefficient (Wildman–Crippen LogP) is 2.99. The summed E-state index contributed by atoms with van der Waals surface area (Å²) in [5.41, 5.74) is 14.1. The van der Waals surface area contributed by atoms with Gasteiger partial charge in [-0.3, -0.25) is 0 Å². The third-order valence-electron chi connectivity index (χ3n) is 4.19. The quantitative estimate of drug-likeness (QED) is 0.583. The molecule has 0 aliphatic heterocycles. The summed E-state index contributed by atoms with van der Waals surface area (Å²) in [6.07, 6.45) is 0. The number of hydrogen-bond donors (Lipinski definition) is 3. The van der Waals surface area contributed by atoms with Gasteiger partial charge in [-0.2, -0.15) is 0 Å². The van der Waals surface area contributed by atoms with Crippen LogP contribution in [-0.2, 0) is 10.0 Å². The van der Waals surface area contributed by atoms with Gasteiger partial charge in [-0.25, -0.2) is 13.1 Å². The molecule has 0 saturated carbocycles. The maximum atomic E-state index is 12.9. The first-order chi connectivity index (χ1) is 12.5. The van der Waals surface area contributed by atoms with E-state index in [0.717, 1.165) is 11.1 Å². The molecule has 3 aromatic carbocycles. The van der Waals surface area contributed by atoms with Crippen molar-refractivity contribution in [2.45, 2.75) is 17.0 Å². The molecule has 26 heavy (non-hydrogen) atoms. The molecule has 0 spiro atoms. The Morgan fingerprint density at radius 1 is 0.731 bits per heavy atom. The topological polar surface area (TPSA) is 98.2 Å². The van der Waals surface area contributed by atoms with Gasteiger partial charge in [0.1, 0.15) is 4.90 Å². The first kappa shape index (κ1) is 18.1. The van der Waals surface area contributed by atoms with Crippen LogP contribution in [0.15, 0.2) is 89.8 Å². The number of rotatable bonds is 6. The fourth-order valence-electron chi connectivity index (χ4n) is 2.83. The van der Waals surface area contributed by atoms with Crippen molar-refractivity contribution in [2.75, 3.05) is 5.73 Å². The molecular weight excluding hydrogens is 346 g/mol. The molecule has 0 fully saturated rings. The van der Waals surface area contributed by atoms with E-state index in [0.29, 0.717) is 0 Å². The number of nitrogen functional groups attached to an aromatic ring is 1. The maximum Gasteiger partial charge on any atom is 0.243 e. The molecule has 0 unspecified atom stereocenters. The second-order valence-corrected chi connectivity index (χ2v) is 7.67. The van der Waals surface area contributed by atoms with Crippen molar-refractivity contribution in [3.05, 3.63) is 96.1 Å². The van der Waals surface area contributed by atoms with Crippen LogP contribution in [0.25, 0.3) is 0 Å². The Kier molecular flexibility index (Phi) is 5.37. The number of nitrogens with two attached hydrogens (primary N) is 2. The number of anilines is 1. The van der Waals surface area contributed by atoms with Gasteiger partial charge in [0.2, 0.25) is 10.0 Å². The second-order valence-electron chi connectivity index (χ2n) is 5.98. The van der Waals surface area contributed by atoms with Gasteiger partial charge in [0, 0.05) is 0 Å². The molecule has 6 heteroatoms. The van der Waals surface area contributed by atoms with Crippen LogP contribution in [0.5, 0.6) is 0 Å². The molecule has 5 N–H and O–H groups in total. The van der Waals surface area contributed by atoms with Gasteiger partial charge in [-0.15, -0.1) is 0 Å². The molecule has 0 aromatic heterocycles. The Labute approximate surface area is 153 Å². The molecule has 2 atom stereocenters. The average Bonchev–Trinajstić information content (AvgIpc) is 2.67. The van der Waals surface area contributed by atoms with Crippen molar-refractivity contribution < 1.29 is 8.42 Å². The molecule has 134 valence electrons. The second kappa shape index (κ2) is 7.70. The summed E-state index contributed by atoms with van der Waals surface area (Å²) in [4.78, 5) is 0.0428. The molecule has 0 aliphatic carbocycles. The molecule has 0 radical (unpaired) electrons. The van der Waals surface area contributed by atoms with E-state index in [-0.39, 0.29) is 10.6 Å². The number of benzene rings is 3. The van der Waals surface area contributed by atoms with E-state index >= 15 is 0 Å². The summed E-state index contributed by atoms with van der Waals surface area (Å²) in [6, 6.07) is 23.9. The Hall–Kier alpha value is -2.67. The normalized spacial score (nSPS) is 13.9. The SMILES string of the molecule is Nc1ccccc1S(=O)(=O)N[C@@H](c1ccccc1)[C@@H](N)c1ccccc1. The van der Waals surface area contributed by atoms with Gasteiger partial charge in [-0.1, -0.05) is 72.8 Å². The number of nitrogens with one attached hydrogen (secondary N) is 1. The highest BCUT2D eigenvalue weighted by atomic mass is 32.2. The van der Waals surface area contributed by atoms with Crippen LogP contribution in [0, 0.1) is 0 Å². The monoisotopic (exact) mass is 367 g/mol. The van der Waals surface area contributed by atoms with Crippen molar-refractivity contribution in [1.29, 1.82) is 0 Å². The lowest BCUT2D eigenvalue weighted by molar-refractivity contribution is 0.504. The van der Waals surface area contributed by atoms with E-state index in [2.05, 4.69) is 4.72 Å². The standard InChI is InChI=1S/C20H21N3O2S/c21-17-13-7-8-14-18(17)26(24,25)23-20(16-11-5-2-6-12-16)19(22)15-9-3-1-4-10-15/h1-14,19-20,23H,21-22H2/t19-,20-/m0/s1. The lowest BCUT2D eigenvalue weighted by atomic mass is 9.95. The third kappa shape index (κ3) is 3.94. The Morgan fingerprint density at radius 2 is 1.23 bits per heavy atom. The van der Waals surface area contributed by atoms with Crippen molar-refractivity contribution in [3.63, 3.8) is 0 Å². The Balaban J connectivity index is 2.01. The van der Waals surface area contributed by atoms with Crippen LogP contribution in [0.1, 0.15) is 23.2 Å². The van der Waals surface area contributed by atoms with Crippen LogP contribution < -0.4 is 16.2 Å². The summed E-state index contributed by atoms with van der Waals surface area (Å²) < 4.78 is 28.6. The van der Waals surface area contributed by atoms with E-state index < -0.39 is 22.1 Å². The molecule has 0 heterocycles. The van der Waals surface area contributed by atoms with E-state index in [1.165, 1.54) is 6.07 Å². The zero-order valence-electron chi connectivity index (χ0n) is 14.1. The first-order valence-electron chi connectivity index (χ1n) is 8.21. The fraction of sp³-hybridized carbons (Fsp3) is 0.100. The van der Waals surface area contributed by atoms with Crippen LogP contribution in [0.4, 0.5) is 5.69 Å². The van der Waals surface area contributed by atoms with Gasteiger partial charge in [0.05, 0.1) is 17.8 Å². The van der Waals surface area contributed by atoms with Crippen LogP contribution in [0.3, 0.4) is 0 Å². The summed E-state index contributed by atoms with van der Waals surface area (Å²) in [5.74, 6) is 0. The lowest BCUT2D eigenvalue weighted by Crippen LogP contribution is -2.36. The first-order valence-corrected chi connectivity index (χ1v) is 9.69. The minimum atomic E-state index is -3.85.